The van der Waals surface area contributed by atoms with Gasteiger partial charge in [-0.05, 0) is 80.8 Å². The molecule has 0 bridgehead atoms. The zero-order valence-corrected chi connectivity index (χ0v) is 23.2. The summed E-state index contributed by atoms with van der Waals surface area (Å²) in [6.07, 6.45) is 6.79. The Kier molecular flexibility index (Phi) is 9.58. The number of allylic oxidation sites excluding steroid dienone is 4. The summed E-state index contributed by atoms with van der Waals surface area (Å²) >= 11 is 1.33. The molecule has 2 aliphatic rings. The third-order valence-corrected chi connectivity index (χ3v) is 7.91. The highest BCUT2D eigenvalue weighted by Crippen LogP contribution is 2.43. The lowest BCUT2D eigenvalue weighted by Gasteiger charge is -2.16. The first-order valence-corrected chi connectivity index (χ1v) is 14.2. The molecule has 7 heteroatoms. The van der Waals surface area contributed by atoms with Crippen LogP contribution in [0.25, 0.3) is 10.1 Å². The monoisotopic (exact) mass is 537 g/mol. The van der Waals surface area contributed by atoms with Crippen molar-refractivity contribution in [3.8, 4) is 23.0 Å². The number of ether oxygens (including phenoxy) is 2. The first kappa shape index (κ1) is 27.9. The summed E-state index contributed by atoms with van der Waals surface area (Å²) in [7, 11) is 0. The number of hydrogen-bond donors (Lipinski definition) is 1. The Hall–Kier alpha value is -3.16. The Labute approximate surface area is 228 Å². The molecule has 1 N–H and O–H groups in total. The molecule has 1 aliphatic heterocycles. The zero-order valence-electron chi connectivity index (χ0n) is 22.3. The number of fused-ring (bicyclic) bond motifs is 1. The number of thiophene rings is 1. The quantitative estimate of drug-likeness (QED) is 0.281. The van der Waals surface area contributed by atoms with E-state index in [-0.39, 0.29) is 24.1 Å². The van der Waals surface area contributed by atoms with Crippen molar-refractivity contribution in [2.24, 2.45) is 5.92 Å². The van der Waals surface area contributed by atoms with Crippen LogP contribution in [0.3, 0.4) is 0 Å². The standard InChI is InChI=1S/C29H30FNO4S.C2H6/c1-19-4-2-3-5-24(19)27(33)29-28(25-11-6-21(32)16-26(25)36-29)35-23-9-7-22(8-10-23)34-15-14-31-13-12-20(17-30)18-31;1-2/h4-11,16,20,32H,2-3,12-15,17-18H2,1H3;1-2H3. The van der Waals surface area contributed by atoms with Gasteiger partial charge in [-0.1, -0.05) is 26.0 Å². The fourth-order valence-electron chi connectivity index (χ4n) is 4.76. The molecule has 5 rings (SSSR count). The molecule has 0 spiro atoms. The van der Waals surface area contributed by atoms with Gasteiger partial charge in [-0.15, -0.1) is 11.3 Å². The maximum absolute atomic E-state index is 13.5. The van der Waals surface area contributed by atoms with Crippen LogP contribution in [-0.4, -0.2) is 48.7 Å². The Balaban J connectivity index is 0.00000164. The van der Waals surface area contributed by atoms with Crippen molar-refractivity contribution in [2.45, 2.75) is 40.0 Å². The molecule has 1 aromatic heterocycles. The smallest absolute Gasteiger partial charge is 0.206 e. The molecule has 0 saturated carbocycles. The van der Waals surface area contributed by atoms with E-state index in [1.807, 2.05) is 51.1 Å². The molecule has 3 aromatic rings. The largest absolute Gasteiger partial charge is 0.508 e. The zero-order chi connectivity index (χ0) is 27.1. The third-order valence-electron chi connectivity index (χ3n) is 6.78. The number of ketones is 1. The van der Waals surface area contributed by atoms with Gasteiger partial charge in [0.2, 0.25) is 5.78 Å². The second kappa shape index (κ2) is 13.1. The van der Waals surface area contributed by atoms with Crippen molar-refractivity contribution < 1.29 is 23.8 Å². The maximum Gasteiger partial charge on any atom is 0.206 e. The van der Waals surface area contributed by atoms with Gasteiger partial charge in [-0.3, -0.25) is 14.1 Å². The van der Waals surface area contributed by atoms with Crippen LogP contribution in [0, 0.1) is 5.92 Å². The maximum atomic E-state index is 13.5. The number of likely N-dealkylation sites (tertiary alicyclic amines) is 1. The molecule has 202 valence electrons. The van der Waals surface area contributed by atoms with E-state index in [9.17, 15) is 14.3 Å². The number of carbonyl (C=O) groups excluding carboxylic acids is 1. The summed E-state index contributed by atoms with van der Waals surface area (Å²) in [5, 5.41) is 10.8. The van der Waals surface area contributed by atoms with Gasteiger partial charge < -0.3 is 14.6 Å². The van der Waals surface area contributed by atoms with Gasteiger partial charge in [0.15, 0.2) is 5.75 Å². The Bertz CT molecular complexity index is 1310. The lowest BCUT2D eigenvalue weighted by Crippen LogP contribution is -2.26. The number of Topliss-reactive ketones (excluding diaryl/α,β-unsaturated/α-hetero) is 1. The molecule has 2 heterocycles. The molecule has 0 radical (unpaired) electrons. The summed E-state index contributed by atoms with van der Waals surface area (Å²) in [5.41, 5.74) is 1.69. The Morgan fingerprint density at radius 3 is 2.55 bits per heavy atom. The number of phenolic OH excluding ortho intramolecular Hbond substituents is 1. The van der Waals surface area contributed by atoms with E-state index >= 15 is 0 Å². The fourth-order valence-corrected chi connectivity index (χ4v) is 5.88. The second-order valence-corrected chi connectivity index (χ2v) is 10.4. The first-order valence-electron chi connectivity index (χ1n) is 13.4. The van der Waals surface area contributed by atoms with Crippen LogP contribution in [-0.2, 0) is 0 Å². The average molecular weight is 538 g/mol. The molecule has 1 saturated heterocycles. The van der Waals surface area contributed by atoms with E-state index in [1.165, 1.54) is 11.3 Å². The van der Waals surface area contributed by atoms with Crippen molar-refractivity contribution in [3.05, 3.63) is 70.6 Å². The van der Waals surface area contributed by atoms with E-state index in [2.05, 4.69) is 11.0 Å². The van der Waals surface area contributed by atoms with Crippen molar-refractivity contribution in [2.75, 3.05) is 32.9 Å². The van der Waals surface area contributed by atoms with Gasteiger partial charge in [0.05, 0.1) is 6.67 Å². The minimum atomic E-state index is -0.249. The first-order chi connectivity index (χ1) is 18.5. The van der Waals surface area contributed by atoms with Crippen molar-refractivity contribution >= 4 is 27.2 Å². The normalized spacial score (nSPS) is 17.4. The van der Waals surface area contributed by atoms with Gasteiger partial charge >= 0.3 is 0 Å². The highest BCUT2D eigenvalue weighted by atomic mass is 32.1. The summed E-state index contributed by atoms with van der Waals surface area (Å²) in [5.74, 6) is 2.08. The molecule has 38 heavy (non-hydrogen) atoms. The molecule has 1 atom stereocenters. The molecule has 1 aliphatic carbocycles. The molecular weight excluding hydrogens is 501 g/mol. The molecule has 0 amide bonds. The topological polar surface area (TPSA) is 59.0 Å². The van der Waals surface area contributed by atoms with Gasteiger partial charge in [0, 0.05) is 34.7 Å². The molecular formula is C31H36FNO4S. The Morgan fingerprint density at radius 1 is 1.11 bits per heavy atom. The van der Waals surface area contributed by atoms with Crippen LogP contribution < -0.4 is 9.47 Å². The number of benzene rings is 2. The predicted octanol–water partition coefficient (Wildman–Crippen LogP) is 7.94. The Morgan fingerprint density at radius 2 is 1.84 bits per heavy atom. The van der Waals surface area contributed by atoms with Crippen molar-refractivity contribution in [1.82, 2.24) is 4.90 Å². The second-order valence-electron chi connectivity index (χ2n) is 9.38. The summed E-state index contributed by atoms with van der Waals surface area (Å²) < 4.78 is 25.8. The van der Waals surface area contributed by atoms with Crippen LogP contribution in [0.4, 0.5) is 4.39 Å². The van der Waals surface area contributed by atoms with E-state index in [1.54, 1.807) is 18.2 Å². The van der Waals surface area contributed by atoms with E-state index in [0.29, 0.717) is 28.6 Å². The number of phenols is 1. The van der Waals surface area contributed by atoms with Gasteiger partial charge in [-0.25, -0.2) is 0 Å². The molecule has 1 unspecified atom stereocenters. The number of aromatic hydroxyl groups is 1. The van der Waals surface area contributed by atoms with E-state index < -0.39 is 0 Å². The van der Waals surface area contributed by atoms with E-state index in [0.717, 1.165) is 60.3 Å². The predicted molar refractivity (Wildman–Crippen MR) is 153 cm³/mol. The highest BCUT2D eigenvalue weighted by Gasteiger charge is 2.25. The van der Waals surface area contributed by atoms with Gasteiger partial charge in [-0.2, -0.15) is 0 Å². The third kappa shape index (κ3) is 6.45. The van der Waals surface area contributed by atoms with E-state index in [4.69, 9.17) is 9.47 Å². The number of carbonyl (C=O) groups is 1. The van der Waals surface area contributed by atoms with Crippen molar-refractivity contribution in [3.63, 3.8) is 0 Å². The van der Waals surface area contributed by atoms with Gasteiger partial charge in [0.1, 0.15) is 28.7 Å². The van der Waals surface area contributed by atoms with Crippen LogP contribution in [0.15, 0.2) is 65.8 Å². The molecule has 5 nitrogen and oxygen atoms in total. The highest BCUT2D eigenvalue weighted by molar-refractivity contribution is 7.21. The number of hydrogen-bond acceptors (Lipinski definition) is 6. The summed E-state index contributed by atoms with van der Waals surface area (Å²) in [6.45, 7) is 8.75. The van der Waals surface area contributed by atoms with Gasteiger partial charge in [0.25, 0.3) is 0 Å². The number of alkyl halides is 1. The SMILES string of the molecule is CC.CC1=CCCC=C1C(=O)c1sc2cc(O)ccc2c1Oc1ccc(OCCN2CCC(CF)C2)cc1. The van der Waals surface area contributed by atoms with Crippen LogP contribution in [0.5, 0.6) is 23.0 Å². The van der Waals surface area contributed by atoms with Crippen molar-refractivity contribution in [1.29, 1.82) is 0 Å². The minimum absolute atomic E-state index is 0.0593. The van der Waals surface area contributed by atoms with Crippen LogP contribution in [0.1, 0.15) is 49.7 Å². The lowest BCUT2D eigenvalue weighted by atomic mass is 9.95. The fraction of sp³-hybridized carbons (Fsp3) is 0.387. The minimum Gasteiger partial charge on any atom is -0.508 e. The van der Waals surface area contributed by atoms with Crippen LogP contribution >= 0.6 is 11.3 Å². The number of nitrogens with zero attached hydrogens (tertiary/aromatic N) is 1. The number of rotatable bonds is 9. The summed E-state index contributed by atoms with van der Waals surface area (Å²) in [4.78, 5) is 16.3. The average Bonchev–Trinajstić information content (AvgIpc) is 3.55. The molecule has 2 aromatic carbocycles. The molecule has 1 fully saturated rings. The van der Waals surface area contributed by atoms with Crippen LogP contribution in [0.2, 0.25) is 0 Å². The summed E-state index contributed by atoms with van der Waals surface area (Å²) in [6, 6.07) is 12.4. The number of halogens is 1. The lowest BCUT2D eigenvalue weighted by molar-refractivity contribution is 0.103.